The summed E-state index contributed by atoms with van der Waals surface area (Å²) in [5.74, 6) is -0.135. The number of hydrogen-bond acceptors (Lipinski definition) is 4. The van der Waals surface area contributed by atoms with Crippen LogP contribution in [0, 0.1) is 0 Å². The first kappa shape index (κ1) is 15.1. The number of carbonyl (C=O) groups excluding carboxylic acids is 2. The van der Waals surface area contributed by atoms with E-state index < -0.39 is 17.7 Å². The van der Waals surface area contributed by atoms with Crippen LogP contribution in [0.2, 0.25) is 0 Å². The van der Waals surface area contributed by atoms with Crippen molar-refractivity contribution in [2.24, 2.45) is 0 Å². The van der Waals surface area contributed by atoms with Crippen LogP contribution in [0.4, 0.5) is 4.79 Å². The first-order valence-corrected chi connectivity index (χ1v) is 6.66. The molecule has 1 rings (SSSR count). The van der Waals surface area contributed by atoms with Crippen molar-refractivity contribution in [3.63, 3.8) is 0 Å². The summed E-state index contributed by atoms with van der Waals surface area (Å²) in [5, 5.41) is 0. The second-order valence-corrected chi connectivity index (χ2v) is 5.87. The number of hydrogen-bond donors (Lipinski definition) is 1. The number of thiol groups is 1. The lowest BCUT2D eigenvalue weighted by Crippen LogP contribution is -2.46. The molecule has 0 N–H and O–H groups in total. The molecular formula is C12H22N2O3S. The number of likely N-dealkylation sites (tertiary alicyclic amines) is 1. The van der Waals surface area contributed by atoms with E-state index in [1.165, 1.54) is 9.21 Å². The summed E-state index contributed by atoms with van der Waals surface area (Å²) in [6.07, 6.45) is 1.08. The van der Waals surface area contributed by atoms with Crippen molar-refractivity contribution in [3.05, 3.63) is 0 Å². The first-order valence-electron chi connectivity index (χ1n) is 6.26. The number of nitrogens with zero attached hydrogens (tertiary/aromatic N) is 2. The Labute approximate surface area is 114 Å². The highest BCUT2D eigenvalue weighted by Crippen LogP contribution is 2.22. The summed E-state index contributed by atoms with van der Waals surface area (Å²) in [6, 6.07) is -0.433. The van der Waals surface area contributed by atoms with E-state index in [4.69, 9.17) is 4.74 Å². The van der Waals surface area contributed by atoms with Crippen LogP contribution in [0.3, 0.4) is 0 Å². The van der Waals surface area contributed by atoms with E-state index in [1.54, 1.807) is 0 Å². The Morgan fingerprint density at radius 1 is 1.44 bits per heavy atom. The standard InChI is InChI=1S/C12H22N2O3S/c1-5-14(18)10(15)9-7-6-8-13(9)11(16)17-12(2,3)4/h9,18H,5-8H2,1-4H3. The van der Waals surface area contributed by atoms with Crippen LogP contribution in [0.1, 0.15) is 40.5 Å². The van der Waals surface area contributed by atoms with E-state index >= 15 is 0 Å². The summed E-state index contributed by atoms with van der Waals surface area (Å²) in [5.41, 5.74) is -0.543. The van der Waals surface area contributed by atoms with E-state index in [2.05, 4.69) is 12.8 Å². The SMILES string of the molecule is CCN(S)C(=O)C1CCCN1C(=O)OC(C)(C)C. The molecule has 1 aliphatic rings. The molecule has 5 nitrogen and oxygen atoms in total. The van der Waals surface area contributed by atoms with Gasteiger partial charge in [0.2, 0.25) is 0 Å². The van der Waals surface area contributed by atoms with Gasteiger partial charge in [-0.2, -0.15) is 0 Å². The minimum atomic E-state index is -0.543. The Morgan fingerprint density at radius 2 is 2.06 bits per heavy atom. The average Bonchev–Trinajstić information content (AvgIpc) is 2.73. The number of carbonyl (C=O) groups is 2. The van der Waals surface area contributed by atoms with Crippen LogP contribution in [-0.2, 0) is 9.53 Å². The fraction of sp³-hybridized carbons (Fsp3) is 0.833. The fourth-order valence-corrected chi connectivity index (χ4v) is 2.02. The number of amides is 2. The Bertz CT molecular complexity index is 328. The van der Waals surface area contributed by atoms with Gasteiger partial charge in [0.05, 0.1) is 0 Å². The monoisotopic (exact) mass is 274 g/mol. The van der Waals surface area contributed by atoms with Gasteiger partial charge in [-0.3, -0.25) is 14.0 Å². The van der Waals surface area contributed by atoms with E-state index in [0.29, 0.717) is 19.5 Å². The largest absolute Gasteiger partial charge is 0.444 e. The lowest BCUT2D eigenvalue weighted by molar-refractivity contribution is -0.130. The summed E-state index contributed by atoms with van der Waals surface area (Å²) in [7, 11) is 0. The zero-order chi connectivity index (χ0) is 13.9. The molecule has 6 heteroatoms. The molecule has 1 unspecified atom stereocenters. The maximum absolute atomic E-state index is 12.1. The van der Waals surface area contributed by atoms with Gasteiger partial charge in [0, 0.05) is 13.1 Å². The van der Waals surface area contributed by atoms with E-state index in [-0.39, 0.29) is 5.91 Å². The summed E-state index contributed by atoms with van der Waals surface area (Å²) in [4.78, 5) is 25.6. The molecular weight excluding hydrogens is 252 g/mol. The molecule has 0 aliphatic carbocycles. The highest BCUT2D eigenvalue weighted by molar-refractivity contribution is 7.78. The van der Waals surface area contributed by atoms with Crippen molar-refractivity contribution in [1.29, 1.82) is 0 Å². The third-order valence-electron chi connectivity index (χ3n) is 2.72. The van der Waals surface area contributed by atoms with Gasteiger partial charge in [0.15, 0.2) is 0 Å². The van der Waals surface area contributed by atoms with Gasteiger partial charge in [-0.15, -0.1) is 0 Å². The van der Waals surface area contributed by atoms with Crippen LogP contribution >= 0.6 is 12.8 Å². The molecule has 0 spiro atoms. The van der Waals surface area contributed by atoms with E-state index in [0.717, 1.165) is 6.42 Å². The lowest BCUT2D eigenvalue weighted by atomic mass is 10.2. The molecule has 1 aliphatic heterocycles. The van der Waals surface area contributed by atoms with Crippen LogP contribution in [0.25, 0.3) is 0 Å². The van der Waals surface area contributed by atoms with Crippen molar-refractivity contribution in [2.75, 3.05) is 13.1 Å². The molecule has 0 radical (unpaired) electrons. The molecule has 0 aromatic heterocycles. The Kier molecular flexibility index (Phi) is 4.90. The Hall–Kier alpha value is -0.910. The van der Waals surface area contributed by atoms with Crippen LogP contribution in [0.15, 0.2) is 0 Å². The zero-order valence-electron chi connectivity index (χ0n) is 11.5. The van der Waals surface area contributed by atoms with Gasteiger partial charge in [-0.05, 0) is 40.5 Å². The summed E-state index contributed by atoms with van der Waals surface area (Å²) >= 11 is 4.10. The van der Waals surface area contributed by atoms with Crippen molar-refractivity contribution in [1.82, 2.24) is 9.21 Å². The van der Waals surface area contributed by atoms with E-state index in [9.17, 15) is 9.59 Å². The third kappa shape index (κ3) is 3.80. The predicted octanol–water partition coefficient (Wildman–Crippen LogP) is 2.08. The molecule has 1 heterocycles. The van der Waals surface area contributed by atoms with Crippen LogP contribution in [0.5, 0.6) is 0 Å². The smallest absolute Gasteiger partial charge is 0.410 e. The molecule has 0 bridgehead atoms. The van der Waals surface area contributed by atoms with Crippen molar-refractivity contribution in [2.45, 2.75) is 52.2 Å². The third-order valence-corrected chi connectivity index (χ3v) is 3.20. The molecule has 0 aromatic carbocycles. The first-order chi connectivity index (χ1) is 8.26. The summed E-state index contributed by atoms with van der Waals surface area (Å²) in [6.45, 7) is 8.37. The van der Waals surface area contributed by atoms with Gasteiger partial charge >= 0.3 is 6.09 Å². The van der Waals surface area contributed by atoms with Gasteiger partial charge in [0.25, 0.3) is 5.91 Å². The average molecular weight is 274 g/mol. The van der Waals surface area contributed by atoms with Crippen molar-refractivity contribution < 1.29 is 14.3 Å². The van der Waals surface area contributed by atoms with Crippen molar-refractivity contribution >= 4 is 24.8 Å². The lowest BCUT2D eigenvalue weighted by Gasteiger charge is -2.29. The molecule has 0 aromatic rings. The second-order valence-electron chi connectivity index (χ2n) is 5.39. The maximum Gasteiger partial charge on any atom is 0.410 e. The molecule has 18 heavy (non-hydrogen) atoms. The number of rotatable bonds is 2. The quantitative estimate of drug-likeness (QED) is 0.784. The number of ether oxygens (including phenoxy) is 1. The van der Waals surface area contributed by atoms with Crippen LogP contribution in [-0.4, -0.2) is 45.9 Å². The van der Waals surface area contributed by atoms with Gasteiger partial charge in [-0.25, -0.2) is 4.79 Å². The second kappa shape index (κ2) is 5.82. The highest BCUT2D eigenvalue weighted by atomic mass is 32.1. The van der Waals surface area contributed by atoms with Gasteiger partial charge < -0.3 is 4.74 Å². The Balaban J connectivity index is 2.70. The molecule has 1 atom stereocenters. The maximum atomic E-state index is 12.1. The van der Waals surface area contributed by atoms with E-state index in [1.807, 2.05) is 27.7 Å². The van der Waals surface area contributed by atoms with Gasteiger partial charge in [0.1, 0.15) is 11.6 Å². The number of likely N-dealkylation sites (N-methyl/N-ethyl adjacent to an activating group) is 1. The zero-order valence-corrected chi connectivity index (χ0v) is 12.4. The highest BCUT2D eigenvalue weighted by Gasteiger charge is 2.37. The molecule has 1 saturated heterocycles. The molecule has 2 amide bonds. The van der Waals surface area contributed by atoms with Crippen molar-refractivity contribution in [3.8, 4) is 0 Å². The Morgan fingerprint density at radius 3 is 2.56 bits per heavy atom. The fourth-order valence-electron chi connectivity index (χ4n) is 1.89. The molecule has 1 fully saturated rings. The molecule has 0 saturated carbocycles. The minimum absolute atomic E-state index is 0.135. The molecule has 104 valence electrons. The topological polar surface area (TPSA) is 49.9 Å². The summed E-state index contributed by atoms with van der Waals surface area (Å²) < 4.78 is 6.65. The minimum Gasteiger partial charge on any atom is -0.444 e. The van der Waals surface area contributed by atoms with Gasteiger partial charge in [-0.1, -0.05) is 12.8 Å². The predicted molar refractivity (Wildman–Crippen MR) is 72.3 cm³/mol. The normalized spacial score (nSPS) is 19.8. The van der Waals surface area contributed by atoms with Crippen LogP contribution < -0.4 is 0 Å².